The number of Topliss-reactive ketones (excluding diaryl/α,β-unsaturated/α-hetero) is 1. The normalized spacial score (nSPS) is 36.1. The quantitative estimate of drug-likeness (QED) is 0.369. The van der Waals surface area contributed by atoms with E-state index < -0.39 is 55.1 Å². The molecule has 0 spiro atoms. The van der Waals surface area contributed by atoms with Gasteiger partial charge in [0, 0.05) is 0 Å². The number of amides is 1. The molecule has 4 N–H and O–H groups in total. The number of primary amides is 1. The Morgan fingerprint density at radius 3 is 2.44 bits per heavy atom. The second-order valence-corrected chi connectivity index (χ2v) is 14.1. The van der Waals surface area contributed by atoms with Crippen molar-refractivity contribution in [3.8, 4) is 0 Å². The first-order valence-electron chi connectivity index (χ1n) is 11.5. The fourth-order valence-corrected chi connectivity index (χ4v) is 12.0. The van der Waals surface area contributed by atoms with E-state index in [2.05, 4.69) is 24.1 Å². The van der Waals surface area contributed by atoms with Gasteiger partial charge in [-0.05, 0) is 0 Å². The second-order valence-electron chi connectivity index (χ2n) is 9.04. The number of aliphatic carboxylic acids is 1. The summed E-state index contributed by atoms with van der Waals surface area (Å²) in [5, 5.41) is 13.3. The van der Waals surface area contributed by atoms with E-state index in [1.807, 2.05) is 18.7 Å². The first-order valence-corrected chi connectivity index (χ1v) is 14.8. The zero-order valence-electron chi connectivity index (χ0n) is 19.6. The van der Waals surface area contributed by atoms with Crippen LogP contribution >= 0.6 is 0 Å². The van der Waals surface area contributed by atoms with Crippen molar-refractivity contribution in [3.05, 3.63) is 11.3 Å². The van der Waals surface area contributed by atoms with E-state index in [1.165, 1.54) is 0 Å². The Morgan fingerprint density at radius 1 is 1.31 bits per heavy atom. The van der Waals surface area contributed by atoms with E-state index in [9.17, 15) is 19.5 Å². The maximum absolute atomic E-state index is 16.3. The number of allylic oxidation sites excluding steroid dienone is 1. The van der Waals surface area contributed by atoms with Crippen molar-refractivity contribution in [1.82, 2.24) is 15.1 Å². The molecule has 3 rings (SSSR count). The molecule has 0 aromatic heterocycles. The van der Waals surface area contributed by atoms with Gasteiger partial charge in [0.2, 0.25) is 0 Å². The van der Waals surface area contributed by atoms with Crippen molar-refractivity contribution >= 4 is 43.3 Å². The molecule has 8 nitrogen and oxygen atoms in total. The van der Waals surface area contributed by atoms with Crippen molar-refractivity contribution in [3.63, 3.8) is 0 Å². The number of nitrogens with zero attached hydrogens (tertiary/aromatic N) is 2. The summed E-state index contributed by atoms with van der Waals surface area (Å²) in [6, 6.07) is -0.271. The zero-order chi connectivity index (χ0) is 24.0. The van der Waals surface area contributed by atoms with E-state index in [-0.39, 0.29) is 24.8 Å². The van der Waals surface area contributed by atoms with Gasteiger partial charge in [0.15, 0.2) is 0 Å². The molecular weight excluding hydrogens is 518 g/mol. The molecule has 32 heavy (non-hydrogen) atoms. The van der Waals surface area contributed by atoms with Gasteiger partial charge in [-0.1, -0.05) is 0 Å². The third-order valence-corrected chi connectivity index (χ3v) is 13.2. The Hall–Kier alpha value is -1.26. The number of ketones is 1. The molecule has 2 bridgehead atoms. The number of carboxylic acid groups (broad SMARTS) is 1. The van der Waals surface area contributed by atoms with Crippen LogP contribution in [-0.2, 0) is 14.4 Å². The van der Waals surface area contributed by atoms with Gasteiger partial charge in [-0.2, -0.15) is 0 Å². The first-order chi connectivity index (χ1) is 15.0. The molecule has 0 aromatic carbocycles. The molecule has 0 radical (unpaired) electrons. The average Bonchev–Trinajstić information content (AvgIpc) is 3.25. The zero-order valence-corrected chi connectivity index (χ0v) is 22.9. The number of rotatable bonds is 9. The predicted molar refractivity (Wildman–Crippen MR) is 121 cm³/mol. The van der Waals surface area contributed by atoms with Crippen LogP contribution in [0.5, 0.6) is 0 Å². The number of nitrogens with one attached hydrogen (secondary N) is 1. The fourth-order valence-electron chi connectivity index (χ4n) is 5.97. The molecule has 1 fully saturated rings. The van der Waals surface area contributed by atoms with E-state index in [4.69, 9.17) is 5.73 Å². The number of nitrogens with two attached hydrogens (primary N) is 1. The van der Waals surface area contributed by atoms with Gasteiger partial charge < -0.3 is 0 Å². The number of fused-ring (bicyclic) bond motifs is 1. The molecule has 5 atom stereocenters. The predicted octanol–water partition coefficient (Wildman–Crippen LogP) is -0.0143. The van der Waals surface area contributed by atoms with Gasteiger partial charge in [0.05, 0.1) is 0 Å². The molecule has 0 aliphatic carbocycles. The molecule has 10 heteroatoms. The number of likely N-dealkylation sites (N-methyl/N-ethyl adjacent to an activating group) is 2. The molecular formula is C22H34FInN4O4. The van der Waals surface area contributed by atoms with Gasteiger partial charge >= 0.3 is 200 Å². The number of hydrogen-bond donors (Lipinski definition) is 3. The van der Waals surface area contributed by atoms with Crippen LogP contribution in [0.3, 0.4) is 0 Å². The Bertz CT molecular complexity index is 889. The Labute approximate surface area is 199 Å². The summed E-state index contributed by atoms with van der Waals surface area (Å²) in [6.45, 7) is 12.8. The summed E-state index contributed by atoms with van der Waals surface area (Å²) < 4.78 is 14.7. The average molecular weight is 552 g/mol. The van der Waals surface area contributed by atoms with E-state index >= 15 is 4.39 Å². The Morgan fingerprint density at radius 2 is 1.94 bits per heavy atom. The summed E-state index contributed by atoms with van der Waals surface area (Å²) in [7, 11) is 0. The second kappa shape index (κ2) is 9.18. The molecule has 3 aliphatic rings. The van der Waals surface area contributed by atoms with Crippen molar-refractivity contribution < 1.29 is 23.9 Å². The van der Waals surface area contributed by atoms with Crippen LogP contribution in [0.15, 0.2) is 11.3 Å². The van der Waals surface area contributed by atoms with Crippen LogP contribution < -0.4 is 11.1 Å². The van der Waals surface area contributed by atoms with Crippen LogP contribution in [0.25, 0.3) is 0 Å². The van der Waals surface area contributed by atoms with Gasteiger partial charge in [-0.3, -0.25) is 0 Å². The first kappa shape index (κ1) is 25.4. The molecule has 3 heterocycles. The summed E-state index contributed by atoms with van der Waals surface area (Å²) in [5.74, 6) is -2.96. The molecule has 0 aromatic rings. The van der Waals surface area contributed by atoms with Crippen LogP contribution in [0.4, 0.5) is 4.39 Å². The van der Waals surface area contributed by atoms with E-state index in [0.717, 1.165) is 13.1 Å². The third-order valence-electron chi connectivity index (χ3n) is 7.55. The SMILES string of the molecule is CCNC1(C(=O)O)/C(=C2\C(C)C(C(N)=O)C(C)N2CCN(CC)CC)[C]2=[In][C]1(F)CC2=O. The van der Waals surface area contributed by atoms with Crippen LogP contribution in [0, 0.1) is 11.8 Å². The van der Waals surface area contributed by atoms with Crippen molar-refractivity contribution in [1.29, 1.82) is 0 Å². The van der Waals surface area contributed by atoms with Crippen molar-refractivity contribution in [2.24, 2.45) is 17.6 Å². The maximum atomic E-state index is 16.3. The molecule has 0 saturated carbocycles. The molecule has 5 unspecified atom stereocenters. The summed E-state index contributed by atoms with van der Waals surface area (Å²) in [6.07, 6.45) is -0.359. The fraction of sp³-hybridized carbons (Fsp3) is 0.727. The number of carboxylic acids is 1. The van der Waals surface area contributed by atoms with Gasteiger partial charge in [0.1, 0.15) is 0 Å². The number of hydrogen-bond acceptors (Lipinski definition) is 6. The van der Waals surface area contributed by atoms with E-state index in [1.54, 1.807) is 6.92 Å². The molecule has 1 saturated heterocycles. The van der Waals surface area contributed by atoms with Crippen molar-refractivity contribution in [2.45, 2.75) is 56.0 Å². The summed E-state index contributed by atoms with van der Waals surface area (Å²) in [5.41, 5.74) is 4.74. The topological polar surface area (TPSA) is 116 Å². The Kier molecular flexibility index (Phi) is 7.27. The number of likely N-dealkylation sites (tertiary alicyclic amines) is 1. The van der Waals surface area contributed by atoms with Crippen LogP contribution in [0.2, 0.25) is 0 Å². The number of halogens is 1. The summed E-state index contributed by atoms with van der Waals surface area (Å²) in [4.78, 5) is 42.1. The van der Waals surface area contributed by atoms with Crippen LogP contribution in [-0.4, -0.2) is 106 Å². The minimum atomic E-state index is -2.35. The Balaban J connectivity index is 2.24. The number of carbonyl (C=O) groups is 3. The van der Waals surface area contributed by atoms with Gasteiger partial charge in [-0.25, -0.2) is 0 Å². The monoisotopic (exact) mass is 552 g/mol. The van der Waals surface area contributed by atoms with Gasteiger partial charge in [-0.15, -0.1) is 0 Å². The van der Waals surface area contributed by atoms with Crippen molar-refractivity contribution in [2.75, 3.05) is 32.7 Å². The van der Waals surface area contributed by atoms with Crippen LogP contribution in [0.1, 0.15) is 41.0 Å². The number of carbonyl (C=O) groups excluding carboxylic acids is 2. The molecule has 3 aliphatic heterocycles. The number of alkyl halides is 1. The van der Waals surface area contributed by atoms with Gasteiger partial charge in [0.25, 0.3) is 0 Å². The summed E-state index contributed by atoms with van der Waals surface area (Å²) >= 11 is -2.35. The third kappa shape index (κ3) is 3.57. The molecule has 1 amide bonds. The minimum absolute atomic E-state index is 0.251. The molecule has 176 valence electrons. The van der Waals surface area contributed by atoms with E-state index in [0.29, 0.717) is 27.6 Å². The standard InChI is InChI=1S/C22H34FN4O4.In/c1-6-25-22(21(30)31)16(11-15(28)12-17(22)23)19-13(4)18(20(24)29)14(5)27(19)10-9-26(7-2)8-3;/h13-14,18,25H,6-10,12H2,1-5H3,(H2,24,29)(H,30,31);/b19-16+;.